The Balaban J connectivity index is 1.69. The predicted octanol–water partition coefficient (Wildman–Crippen LogP) is 3.27. The first kappa shape index (κ1) is 20.9. The summed E-state index contributed by atoms with van der Waals surface area (Å²) in [5, 5.41) is 8.84. The van der Waals surface area contributed by atoms with Gasteiger partial charge in [-0.05, 0) is 57.4 Å². The summed E-state index contributed by atoms with van der Waals surface area (Å²) in [4.78, 5) is 26.2. The van der Waals surface area contributed by atoms with E-state index < -0.39 is 17.4 Å². The molecule has 0 spiro atoms. The van der Waals surface area contributed by atoms with Crippen molar-refractivity contribution in [1.82, 2.24) is 10.4 Å². The molecule has 2 aromatic rings. The number of benzene rings is 2. The molecule has 1 aliphatic heterocycles. The van der Waals surface area contributed by atoms with Crippen LogP contribution in [0.4, 0.5) is 0 Å². The molecule has 0 saturated carbocycles. The largest absolute Gasteiger partial charge is 0.489 e. The second kappa shape index (κ2) is 8.25. The Morgan fingerprint density at radius 2 is 1.83 bits per heavy atom. The molecule has 6 nitrogen and oxygen atoms in total. The Bertz CT molecular complexity index is 889. The van der Waals surface area contributed by atoms with Crippen LogP contribution < -0.4 is 10.2 Å². The second-order valence-electron chi connectivity index (χ2n) is 8.04. The highest BCUT2D eigenvalue weighted by molar-refractivity contribution is 5.94. The van der Waals surface area contributed by atoms with Crippen LogP contribution in [-0.2, 0) is 21.6 Å². The number of carbonyl (C=O) groups excluding carboxylic acids is 2. The molecule has 6 heteroatoms. The monoisotopic (exact) mass is 396 g/mol. The van der Waals surface area contributed by atoms with E-state index >= 15 is 0 Å². The van der Waals surface area contributed by atoms with Crippen molar-refractivity contribution in [3.8, 4) is 5.75 Å². The van der Waals surface area contributed by atoms with Crippen molar-refractivity contribution in [3.63, 3.8) is 0 Å². The molecule has 1 aliphatic rings. The number of ether oxygens (including phenoxy) is 1. The van der Waals surface area contributed by atoms with E-state index in [4.69, 9.17) is 9.94 Å². The number of amides is 2. The Labute approximate surface area is 171 Å². The van der Waals surface area contributed by atoms with Crippen LogP contribution in [0.2, 0.25) is 0 Å². The number of likely N-dealkylation sites (tertiary alicyclic amines) is 1. The van der Waals surface area contributed by atoms with Crippen LogP contribution in [0.1, 0.15) is 42.5 Å². The molecule has 2 N–H and O–H groups in total. The van der Waals surface area contributed by atoms with E-state index in [0.29, 0.717) is 19.6 Å². The SMILES string of the molecule is Cc1cc(C)cc(COc2ccc(C3(C)CCN([C@H](C)C(=O)NO)C3=O)cc2)c1. The normalized spacial score (nSPS) is 19.9. The maximum atomic E-state index is 13.0. The average Bonchev–Trinajstić information content (AvgIpc) is 3.00. The van der Waals surface area contributed by atoms with Crippen molar-refractivity contribution in [2.24, 2.45) is 0 Å². The highest BCUT2D eigenvalue weighted by Crippen LogP contribution is 2.37. The average molecular weight is 396 g/mol. The molecule has 2 amide bonds. The lowest BCUT2D eigenvalue weighted by Gasteiger charge is -2.27. The number of aryl methyl sites for hydroxylation is 2. The van der Waals surface area contributed by atoms with Gasteiger partial charge in [0.1, 0.15) is 18.4 Å². The maximum absolute atomic E-state index is 13.0. The molecule has 0 bridgehead atoms. The zero-order valence-corrected chi connectivity index (χ0v) is 17.4. The van der Waals surface area contributed by atoms with Gasteiger partial charge in [-0.15, -0.1) is 0 Å². The molecule has 0 aliphatic carbocycles. The van der Waals surface area contributed by atoms with Gasteiger partial charge in [0.05, 0.1) is 5.41 Å². The first-order valence-corrected chi connectivity index (χ1v) is 9.80. The smallest absolute Gasteiger partial charge is 0.265 e. The van der Waals surface area contributed by atoms with E-state index in [1.54, 1.807) is 12.4 Å². The van der Waals surface area contributed by atoms with E-state index in [0.717, 1.165) is 16.9 Å². The number of nitrogens with one attached hydrogen (secondary N) is 1. The molecular weight excluding hydrogens is 368 g/mol. The van der Waals surface area contributed by atoms with Crippen molar-refractivity contribution < 1.29 is 19.5 Å². The summed E-state index contributed by atoms with van der Waals surface area (Å²) in [5.74, 6) is 0.0436. The van der Waals surface area contributed by atoms with Crippen molar-refractivity contribution >= 4 is 11.8 Å². The van der Waals surface area contributed by atoms with Gasteiger partial charge in [0.2, 0.25) is 5.91 Å². The van der Waals surface area contributed by atoms with Crippen LogP contribution in [0, 0.1) is 13.8 Å². The fraction of sp³-hybridized carbons (Fsp3) is 0.391. The lowest BCUT2D eigenvalue weighted by atomic mass is 9.81. The van der Waals surface area contributed by atoms with Gasteiger partial charge in [-0.2, -0.15) is 0 Å². The van der Waals surface area contributed by atoms with Crippen LogP contribution in [-0.4, -0.2) is 34.5 Å². The minimum absolute atomic E-state index is 0.113. The van der Waals surface area contributed by atoms with Gasteiger partial charge < -0.3 is 9.64 Å². The van der Waals surface area contributed by atoms with Crippen molar-refractivity contribution in [2.75, 3.05) is 6.54 Å². The van der Waals surface area contributed by atoms with Crippen LogP contribution in [0.3, 0.4) is 0 Å². The number of hydrogen-bond donors (Lipinski definition) is 2. The molecule has 3 rings (SSSR count). The van der Waals surface area contributed by atoms with Crippen molar-refractivity contribution in [2.45, 2.75) is 52.2 Å². The molecule has 1 saturated heterocycles. The van der Waals surface area contributed by atoms with Crippen LogP contribution in [0.5, 0.6) is 5.75 Å². The number of hydrogen-bond acceptors (Lipinski definition) is 4. The summed E-state index contributed by atoms with van der Waals surface area (Å²) in [6.45, 7) is 8.59. The van der Waals surface area contributed by atoms with Crippen molar-refractivity contribution in [3.05, 3.63) is 64.7 Å². The van der Waals surface area contributed by atoms with Crippen molar-refractivity contribution in [1.29, 1.82) is 0 Å². The topological polar surface area (TPSA) is 78.9 Å². The van der Waals surface area contributed by atoms with Gasteiger partial charge in [-0.3, -0.25) is 14.8 Å². The molecule has 2 atom stereocenters. The summed E-state index contributed by atoms with van der Waals surface area (Å²) >= 11 is 0. The molecule has 1 heterocycles. The van der Waals surface area contributed by atoms with E-state index in [1.807, 2.05) is 31.2 Å². The number of carbonyl (C=O) groups is 2. The lowest BCUT2D eigenvalue weighted by molar-refractivity contribution is -0.143. The quantitative estimate of drug-likeness (QED) is 0.580. The molecule has 1 fully saturated rings. The third-order valence-corrected chi connectivity index (χ3v) is 5.72. The summed E-state index contributed by atoms with van der Waals surface area (Å²) in [6.07, 6.45) is 0.609. The van der Waals surface area contributed by atoms with Crippen LogP contribution in [0.15, 0.2) is 42.5 Å². The van der Waals surface area contributed by atoms with Gasteiger partial charge >= 0.3 is 0 Å². The molecule has 29 heavy (non-hydrogen) atoms. The van der Waals surface area contributed by atoms with Gasteiger partial charge in [-0.25, -0.2) is 5.48 Å². The summed E-state index contributed by atoms with van der Waals surface area (Å²) in [7, 11) is 0. The summed E-state index contributed by atoms with van der Waals surface area (Å²) in [5.41, 5.74) is 5.35. The number of rotatable bonds is 6. The van der Waals surface area contributed by atoms with Gasteiger partial charge in [0.15, 0.2) is 0 Å². The van der Waals surface area contributed by atoms with E-state index in [9.17, 15) is 9.59 Å². The lowest BCUT2D eigenvalue weighted by Crippen LogP contribution is -2.47. The Morgan fingerprint density at radius 1 is 1.21 bits per heavy atom. The summed E-state index contributed by atoms with van der Waals surface area (Å²) < 4.78 is 5.91. The standard InChI is InChI=1S/C23H28N2O4/c1-15-11-16(2)13-18(12-15)14-29-20-7-5-19(6-8-20)23(4)9-10-25(22(23)27)17(3)21(26)24-28/h5-8,11-13,17,28H,9-10,14H2,1-4H3,(H,24,26)/t17-,23?/m1/s1. The molecule has 0 radical (unpaired) electrons. The fourth-order valence-electron chi connectivity index (χ4n) is 3.98. The molecule has 154 valence electrons. The highest BCUT2D eigenvalue weighted by Gasteiger charge is 2.46. The molecule has 1 unspecified atom stereocenters. The fourth-order valence-corrected chi connectivity index (χ4v) is 3.98. The van der Waals surface area contributed by atoms with Crippen LogP contribution >= 0.6 is 0 Å². The zero-order chi connectivity index (χ0) is 21.2. The van der Waals surface area contributed by atoms with E-state index in [2.05, 4.69) is 32.0 Å². The van der Waals surface area contributed by atoms with Gasteiger partial charge in [0.25, 0.3) is 5.91 Å². The minimum Gasteiger partial charge on any atom is -0.489 e. The third-order valence-electron chi connectivity index (χ3n) is 5.72. The number of hydroxylamine groups is 1. The molecule has 0 aromatic heterocycles. The zero-order valence-electron chi connectivity index (χ0n) is 17.4. The maximum Gasteiger partial charge on any atom is 0.265 e. The Morgan fingerprint density at radius 3 is 2.41 bits per heavy atom. The first-order chi connectivity index (χ1) is 13.7. The molecule has 2 aromatic carbocycles. The van der Waals surface area contributed by atoms with Gasteiger partial charge in [-0.1, -0.05) is 41.5 Å². The summed E-state index contributed by atoms with van der Waals surface area (Å²) in [6, 6.07) is 13.2. The first-order valence-electron chi connectivity index (χ1n) is 9.80. The van der Waals surface area contributed by atoms with E-state index in [1.165, 1.54) is 16.0 Å². The Hall–Kier alpha value is -2.86. The predicted molar refractivity (Wildman–Crippen MR) is 110 cm³/mol. The highest BCUT2D eigenvalue weighted by atomic mass is 16.5. The van der Waals surface area contributed by atoms with Gasteiger partial charge in [0, 0.05) is 6.54 Å². The number of nitrogens with zero attached hydrogens (tertiary/aromatic N) is 1. The minimum atomic E-state index is -0.713. The van der Waals surface area contributed by atoms with E-state index in [-0.39, 0.29) is 5.91 Å². The second-order valence-corrected chi connectivity index (χ2v) is 8.04. The Kier molecular flexibility index (Phi) is 5.94. The van der Waals surface area contributed by atoms with Crippen LogP contribution in [0.25, 0.3) is 0 Å². The third kappa shape index (κ3) is 4.27. The molecular formula is C23H28N2O4.